The maximum atomic E-state index is 12.1. The van der Waals surface area contributed by atoms with Crippen molar-refractivity contribution in [3.8, 4) is 5.75 Å². The smallest absolute Gasteiger partial charge is 0.251 e. The first-order valence-corrected chi connectivity index (χ1v) is 7.48. The molecule has 0 saturated carbocycles. The van der Waals surface area contributed by atoms with E-state index in [2.05, 4.69) is 26.1 Å². The van der Waals surface area contributed by atoms with Crippen molar-refractivity contribution >= 4 is 5.91 Å². The first-order chi connectivity index (χ1) is 9.67. The first kappa shape index (κ1) is 17.5. The number of nitrogens with one attached hydrogen (secondary N) is 1. The number of amides is 1. The summed E-state index contributed by atoms with van der Waals surface area (Å²) in [5.41, 5.74) is 6.80. The molecule has 4 heteroatoms. The molecular formula is C17H28N2O2. The fraction of sp³-hybridized carbons (Fsp3) is 0.588. The van der Waals surface area contributed by atoms with Gasteiger partial charge in [0.2, 0.25) is 0 Å². The lowest BCUT2D eigenvalue weighted by molar-refractivity contribution is 0.0948. The van der Waals surface area contributed by atoms with Crippen molar-refractivity contribution in [2.45, 2.75) is 53.2 Å². The Morgan fingerprint density at radius 1 is 1.33 bits per heavy atom. The molecule has 0 aliphatic rings. The number of nitrogens with two attached hydrogens (primary N) is 1. The lowest BCUT2D eigenvalue weighted by atomic mass is 9.88. The van der Waals surface area contributed by atoms with Crippen molar-refractivity contribution in [3.05, 3.63) is 29.8 Å². The minimum atomic E-state index is -0.117. The van der Waals surface area contributed by atoms with E-state index in [1.165, 1.54) is 0 Å². The van der Waals surface area contributed by atoms with Gasteiger partial charge < -0.3 is 15.8 Å². The Balaban J connectivity index is 2.56. The molecule has 0 saturated heterocycles. The zero-order valence-electron chi connectivity index (χ0n) is 13.8. The standard InChI is InChI=1S/C17H28N2O2/c1-12(2)21-15-8-6-7-13(9-15)16(20)19-11-14(18)10-17(3,4)5/h6-9,12,14H,10-11,18H2,1-5H3,(H,19,20). The molecule has 0 spiro atoms. The molecule has 1 rings (SSSR count). The molecule has 0 heterocycles. The molecule has 21 heavy (non-hydrogen) atoms. The van der Waals surface area contributed by atoms with E-state index in [0.717, 1.165) is 6.42 Å². The number of hydrogen-bond acceptors (Lipinski definition) is 3. The maximum absolute atomic E-state index is 12.1. The van der Waals surface area contributed by atoms with Gasteiger partial charge in [-0.2, -0.15) is 0 Å². The highest BCUT2D eigenvalue weighted by molar-refractivity contribution is 5.94. The van der Waals surface area contributed by atoms with Crippen LogP contribution in [0.1, 0.15) is 51.4 Å². The Morgan fingerprint density at radius 3 is 2.57 bits per heavy atom. The van der Waals surface area contributed by atoms with Crippen molar-refractivity contribution in [3.63, 3.8) is 0 Å². The van der Waals surface area contributed by atoms with Crippen LogP contribution in [-0.4, -0.2) is 24.6 Å². The number of benzene rings is 1. The molecule has 0 aromatic heterocycles. The molecule has 1 aromatic rings. The summed E-state index contributed by atoms with van der Waals surface area (Å²) in [4.78, 5) is 12.1. The Morgan fingerprint density at radius 2 is 2.00 bits per heavy atom. The molecule has 1 atom stereocenters. The van der Waals surface area contributed by atoms with Crippen molar-refractivity contribution in [2.75, 3.05) is 6.54 Å². The number of ether oxygens (including phenoxy) is 1. The normalized spacial score (nSPS) is 13.1. The summed E-state index contributed by atoms with van der Waals surface area (Å²) < 4.78 is 5.59. The van der Waals surface area contributed by atoms with Crippen LogP contribution in [0, 0.1) is 5.41 Å². The molecule has 0 aliphatic heterocycles. The summed E-state index contributed by atoms with van der Waals surface area (Å²) in [6, 6.07) is 7.16. The Kier molecular flexibility index (Phi) is 6.21. The zero-order chi connectivity index (χ0) is 16.0. The van der Waals surface area contributed by atoms with Gasteiger partial charge in [0.1, 0.15) is 5.75 Å². The molecular weight excluding hydrogens is 264 g/mol. The summed E-state index contributed by atoms with van der Waals surface area (Å²) in [6.07, 6.45) is 0.951. The third-order valence-corrected chi connectivity index (χ3v) is 2.87. The largest absolute Gasteiger partial charge is 0.491 e. The summed E-state index contributed by atoms with van der Waals surface area (Å²) in [6.45, 7) is 10.8. The zero-order valence-corrected chi connectivity index (χ0v) is 13.8. The fourth-order valence-corrected chi connectivity index (χ4v) is 2.17. The van der Waals surface area contributed by atoms with Gasteiger partial charge in [0.25, 0.3) is 5.91 Å². The van der Waals surface area contributed by atoms with Crippen LogP contribution in [0.3, 0.4) is 0 Å². The van der Waals surface area contributed by atoms with Crippen LogP contribution in [0.4, 0.5) is 0 Å². The second kappa shape index (κ2) is 7.46. The molecule has 1 amide bonds. The highest BCUT2D eigenvalue weighted by Crippen LogP contribution is 2.19. The molecule has 0 radical (unpaired) electrons. The van der Waals surface area contributed by atoms with Crippen LogP contribution < -0.4 is 15.8 Å². The second-order valence-corrected chi connectivity index (χ2v) is 6.93. The van der Waals surface area contributed by atoms with Gasteiger partial charge in [0.15, 0.2) is 0 Å². The summed E-state index contributed by atoms with van der Waals surface area (Å²) in [7, 11) is 0. The van der Waals surface area contributed by atoms with Gasteiger partial charge in [0, 0.05) is 18.2 Å². The Labute approximate surface area is 128 Å². The summed E-state index contributed by atoms with van der Waals surface area (Å²) in [5, 5.41) is 2.88. The van der Waals surface area contributed by atoms with Gasteiger partial charge in [-0.15, -0.1) is 0 Å². The van der Waals surface area contributed by atoms with Crippen LogP contribution >= 0.6 is 0 Å². The fourth-order valence-electron chi connectivity index (χ4n) is 2.17. The van der Waals surface area contributed by atoms with Crippen molar-refractivity contribution < 1.29 is 9.53 Å². The minimum Gasteiger partial charge on any atom is -0.491 e. The van der Waals surface area contributed by atoms with Gasteiger partial charge in [-0.3, -0.25) is 4.79 Å². The van der Waals surface area contributed by atoms with E-state index in [0.29, 0.717) is 17.9 Å². The predicted molar refractivity (Wildman–Crippen MR) is 86.6 cm³/mol. The average molecular weight is 292 g/mol. The maximum Gasteiger partial charge on any atom is 0.251 e. The number of hydrogen-bond donors (Lipinski definition) is 2. The highest BCUT2D eigenvalue weighted by atomic mass is 16.5. The van der Waals surface area contributed by atoms with E-state index < -0.39 is 0 Å². The molecule has 0 bridgehead atoms. The topological polar surface area (TPSA) is 64.3 Å². The predicted octanol–water partition coefficient (Wildman–Crippen LogP) is 2.97. The van der Waals surface area contributed by atoms with E-state index in [-0.39, 0.29) is 23.5 Å². The SMILES string of the molecule is CC(C)Oc1cccc(C(=O)NCC(N)CC(C)(C)C)c1. The number of rotatable bonds is 6. The second-order valence-electron chi connectivity index (χ2n) is 6.93. The van der Waals surface area contributed by atoms with Gasteiger partial charge in [0.05, 0.1) is 6.10 Å². The van der Waals surface area contributed by atoms with Gasteiger partial charge in [-0.25, -0.2) is 0 Å². The van der Waals surface area contributed by atoms with Crippen LogP contribution in [0.5, 0.6) is 5.75 Å². The lowest BCUT2D eigenvalue weighted by Crippen LogP contribution is -2.39. The number of carbonyl (C=O) groups excluding carboxylic acids is 1. The molecule has 1 unspecified atom stereocenters. The summed E-state index contributed by atoms with van der Waals surface area (Å²) >= 11 is 0. The van der Waals surface area contributed by atoms with E-state index in [9.17, 15) is 4.79 Å². The monoisotopic (exact) mass is 292 g/mol. The minimum absolute atomic E-state index is 0.0379. The molecule has 0 aliphatic carbocycles. The third-order valence-electron chi connectivity index (χ3n) is 2.87. The van der Waals surface area contributed by atoms with E-state index in [1.54, 1.807) is 12.1 Å². The summed E-state index contributed by atoms with van der Waals surface area (Å²) in [5.74, 6) is 0.588. The Hall–Kier alpha value is -1.55. The Bertz CT molecular complexity index is 464. The third kappa shape index (κ3) is 7.14. The van der Waals surface area contributed by atoms with Gasteiger partial charge in [-0.1, -0.05) is 26.8 Å². The quantitative estimate of drug-likeness (QED) is 0.847. The van der Waals surface area contributed by atoms with Crippen LogP contribution in [0.15, 0.2) is 24.3 Å². The molecule has 118 valence electrons. The van der Waals surface area contributed by atoms with Crippen LogP contribution in [0.2, 0.25) is 0 Å². The van der Waals surface area contributed by atoms with Gasteiger partial charge >= 0.3 is 0 Å². The van der Waals surface area contributed by atoms with Crippen LogP contribution in [0.25, 0.3) is 0 Å². The molecule has 0 fully saturated rings. The molecule has 1 aromatic carbocycles. The van der Waals surface area contributed by atoms with E-state index >= 15 is 0 Å². The van der Waals surface area contributed by atoms with Gasteiger partial charge in [-0.05, 0) is 43.9 Å². The highest BCUT2D eigenvalue weighted by Gasteiger charge is 2.16. The lowest BCUT2D eigenvalue weighted by Gasteiger charge is -2.23. The van der Waals surface area contributed by atoms with Crippen molar-refractivity contribution in [2.24, 2.45) is 11.1 Å². The van der Waals surface area contributed by atoms with E-state index in [1.807, 2.05) is 26.0 Å². The average Bonchev–Trinajstić information content (AvgIpc) is 2.33. The molecule has 3 N–H and O–H groups in total. The first-order valence-electron chi connectivity index (χ1n) is 7.48. The van der Waals surface area contributed by atoms with Crippen molar-refractivity contribution in [1.82, 2.24) is 5.32 Å². The molecule has 4 nitrogen and oxygen atoms in total. The van der Waals surface area contributed by atoms with Crippen LogP contribution in [-0.2, 0) is 0 Å². The van der Waals surface area contributed by atoms with Crippen molar-refractivity contribution in [1.29, 1.82) is 0 Å². The van der Waals surface area contributed by atoms with E-state index in [4.69, 9.17) is 10.5 Å². The number of carbonyl (C=O) groups is 1.